The minimum absolute atomic E-state index is 0.158. The van der Waals surface area contributed by atoms with Gasteiger partial charge in [0.25, 0.3) is 0 Å². The Balaban J connectivity index is 1.76. The van der Waals surface area contributed by atoms with E-state index < -0.39 is 0 Å². The first-order valence-corrected chi connectivity index (χ1v) is 7.86. The lowest BCUT2D eigenvalue weighted by molar-refractivity contribution is 0.0964. The van der Waals surface area contributed by atoms with E-state index in [4.69, 9.17) is 0 Å². The van der Waals surface area contributed by atoms with Crippen molar-refractivity contribution in [2.45, 2.75) is 26.2 Å². The van der Waals surface area contributed by atoms with Crippen LogP contribution in [0.25, 0.3) is 0 Å². The molecule has 2 aromatic rings. The van der Waals surface area contributed by atoms with Gasteiger partial charge in [-0.3, -0.25) is 4.79 Å². The summed E-state index contributed by atoms with van der Waals surface area (Å²) in [4.78, 5) is 14.8. The molecule has 1 aliphatic carbocycles. The fraction of sp³-hybridized carbons (Fsp3) is 0.350. The van der Waals surface area contributed by atoms with E-state index in [2.05, 4.69) is 35.2 Å². The zero-order chi connectivity index (χ0) is 15.9. The molecule has 114 valence electrons. The van der Waals surface area contributed by atoms with Gasteiger partial charge < -0.3 is 4.90 Å². The fourth-order valence-electron chi connectivity index (χ4n) is 3.07. The number of anilines is 1. The van der Waals surface area contributed by atoms with Gasteiger partial charge in [0.2, 0.25) is 0 Å². The van der Waals surface area contributed by atoms with Gasteiger partial charge >= 0.3 is 0 Å². The second-order valence-electron chi connectivity index (χ2n) is 6.62. The molecule has 3 rings (SSSR count). The Bertz CT molecular complexity index is 700. The number of hydrogen-bond acceptors (Lipinski definition) is 2. The van der Waals surface area contributed by atoms with Gasteiger partial charge in [-0.1, -0.05) is 29.8 Å². The Kier molecular flexibility index (Phi) is 3.78. The molecule has 22 heavy (non-hydrogen) atoms. The van der Waals surface area contributed by atoms with E-state index in [1.54, 1.807) is 0 Å². The summed E-state index contributed by atoms with van der Waals surface area (Å²) in [5.41, 5.74) is 5.62. The zero-order valence-electron chi connectivity index (χ0n) is 13.8. The van der Waals surface area contributed by atoms with Gasteiger partial charge in [0.05, 0.1) is 0 Å². The van der Waals surface area contributed by atoms with Crippen molar-refractivity contribution < 1.29 is 4.79 Å². The normalized spacial score (nSPS) is 19.8. The first kappa shape index (κ1) is 14.8. The third-order valence-corrected chi connectivity index (χ3v) is 4.62. The van der Waals surface area contributed by atoms with Crippen LogP contribution in [-0.2, 0) is 0 Å². The molecule has 1 aliphatic rings. The SMILES string of the molecule is Cc1ccc(C)c(C(=O)C2CC2c2ccc(N(C)C)cc2)c1. The van der Waals surface area contributed by atoms with Gasteiger partial charge in [0, 0.05) is 31.3 Å². The van der Waals surface area contributed by atoms with E-state index >= 15 is 0 Å². The Morgan fingerprint density at radius 3 is 2.36 bits per heavy atom. The number of carbonyl (C=O) groups excluding carboxylic acids is 1. The van der Waals surface area contributed by atoms with Crippen molar-refractivity contribution in [1.82, 2.24) is 0 Å². The van der Waals surface area contributed by atoms with Crippen LogP contribution in [0.15, 0.2) is 42.5 Å². The molecule has 0 aromatic heterocycles. The minimum Gasteiger partial charge on any atom is -0.378 e. The summed E-state index contributed by atoms with van der Waals surface area (Å²) >= 11 is 0. The molecule has 2 unspecified atom stereocenters. The first-order valence-electron chi connectivity index (χ1n) is 7.86. The topological polar surface area (TPSA) is 20.3 Å². The second-order valence-corrected chi connectivity index (χ2v) is 6.62. The number of Topliss-reactive ketones (excluding diaryl/α,β-unsaturated/α-hetero) is 1. The van der Waals surface area contributed by atoms with Crippen LogP contribution in [0.2, 0.25) is 0 Å². The minimum atomic E-state index is 0.158. The van der Waals surface area contributed by atoms with Crippen LogP contribution in [0.3, 0.4) is 0 Å². The average Bonchev–Trinajstić information content (AvgIpc) is 3.29. The molecule has 0 saturated heterocycles. The number of hydrogen-bond donors (Lipinski definition) is 0. The standard InChI is InChI=1S/C20H23NO/c1-13-5-6-14(2)17(11-13)20(22)19-12-18(19)15-7-9-16(10-8-15)21(3)4/h5-11,18-19H,12H2,1-4H3. The summed E-state index contributed by atoms with van der Waals surface area (Å²) in [7, 11) is 4.08. The summed E-state index contributed by atoms with van der Waals surface area (Å²) < 4.78 is 0. The number of ketones is 1. The van der Waals surface area contributed by atoms with Gasteiger partial charge in [-0.2, -0.15) is 0 Å². The smallest absolute Gasteiger partial charge is 0.166 e. The maximum Gasteiger partial charge on any atom is 0.166 e. The van der Waals surface area contributed by atoms with Crippen LogP contribution in [0.5, 0.6) is 0 Å². The highest BCUT2D eigenvalue weighted by atomic mass is 16.1. The number of carbonyl (C=O) groups is 1. The lowest BCUT2D eigenvalue weighted by Gasteiger charge is -2.12. The molecule has 0 spiro atoms. The third-order valence-electron chi connectivity index (χ3n) is 4.62. The molecule has 1 saturated carbocycles. The first-order chi connectivity index (χ1) is 10.5. The highest BCUT2D eigenvalue weighted by molar-refractivity contribution is 6.01. The van der Waals surface area contributed by atoms with E-state index in [9.17, 15) is 4.79 Å². The highest BCUT2D eigenvalue weighted by Crippen LogP contribution is 2.49. The molecule has 0 aliphatic heterocycles. The van der Waals surface area contributed by atoms with Crippen LogP contribution in [0, 0.1) is 19.8 Å². The van der Waals surface area contributed by atoms with Gasteiger partial charge in [-0.05, 0) is 55.5 Å². The molecule has 2 aromatic carbocycles. The summed E-state index contributed by atoms with van der Waals surface area (Å²) in [5, 5.41) is 0. The quantitative estimate of drug-likeness (QED) is 0.781. The summed E-state index contributed by atoms with van der Waals surface area (Å²) in [6.45, 7) is 4.07. The maximum absolute atomic E-state index is 12.7. The van der Waals surface area contributed by atoms with Crippen LogP contribution in [0.4, 0.5) is 5.69 Å². The van der Waals surface area contributed by atoms with E-state index in [0.29, 0.717) is 11.7 Å². The number of aryl methyl sites for hydroxylation is 2. The predicted molar refractivity (Wildman–Crippen MR) is 91.9 cm³/mol. The van der Waals surface area contributed by atoms with E-state index in [1.165, 1.54) is 11.3 Å². The second kappa shape index (κ2) is 5.60. The van der Waals surface area contributed by atoms with Gasteiger partial charge in [0.15, 0.2) is 5.78 Å². The monoisotopic (exact) mass is 293 g/mol. The fourth-order valence-corrected chi connectivity index (χ4v) is 3.07. The van der Waals surface area contributed by atoms with Crippen molar-refractivity contribution in [2.75, 3.05) is 19.0 Å². The predicted octanol–water partition coefficient (Wildman–Crippen LogP) is 4.36. The lowest BCUT2D eigenvalue weighted by Crippen LogP contribution is -2.08. The Hall–Kier alpha value is -2.09. The molecule has 0 heterocycles. The number of benzene rings is 2. The van der Waals surface area contributed by atoms with Crippen LogP contribution < -0.4 is 4.90 Å². The van der Waals surface area contributed by atoms with Gasteiger partial charge in [0.1, 0.15) is 0 Å². The van der Waals surface area contributed by atoms with E-state index in [0.717, 1.165) is 23.1 Å². The summed E-state index contributed by atoms with van der Waals surface area (Å²) in [6, 6.07) is 14.7. The number of rotatable bonds is 4. The van der Waals surface area contributed by atoms with Crippen LogP contribution in [-0.4, -0.2) is 19.9 Å². The Morgan fingerprint density at radius 1 is 1.05 bits per heavy atom. The third kappa shape index (κ3) is 2.78. The molecular formula is C20H23NO. The summed E-state index contributed by atoms with van der Waals surface area (Å²) in [5.74, 6) is 0.859. The molecule has 0 radical (unpaired) electrons. The Morgan fingerprint density at radius 2 is 1.73 bits per heavy atom. The summed E-state index contributed by atoms with van der Waals surface area (Å²) in [6.07, 6.45) is 0.980. The van der Waals surface area contributed by atoms with Crippen molar-refractivity contribution >= 4 is 11.5 Å². The lowest BCUT2D eigenvalue weighted by atomic mass is 9.97. The zero-order valence-corrected chi connectivity index (χ0v) is 13.8. The highest BCUT2D eigenvalue weighted by Gasteiger charge is 2.44. The van der Waals surface area contributed by atoms with E-state index in [1.807, 2.05) is 40.1 Å². The molecule has 0 bridgehead atoms. The average molecular weight is 293 g/mol. The molecule has 1 fully saturated rings. The van der Waals surface area contributed by atoms with Crippen molar-refractivity contribution in [3.8, 4) is 0 Å². The van der Waals surface area contributed by atoms with Crippen molar-refractivity contribution in [3.63, 3.8) is 0 Å². The van der Waals surface area contributed by atoms with Crippen molar-refractivity contribution in [3.05, 3.63) is 64.7 Å². The largest absolute Gasteiger partial charge is 0.378 e. The molecule has 0 amide bonds. The van der Waals surface area contributed by atoms with Gasteiger partial charge in [-0.15, -0.1) is 0 Å². The van der Waals surface area contributed by atoms with Crippen molar-refractivity contribution in [2.24, 2.45) is 5.92 Å². The maximum atomic E-state index is 12.7. The molecule has 2 heteroatoms. The van der Waals surface area contributed by atoms with Crippen LogP contribution in [0.1, 0.15) is 39.4 Å². The molecular weight excluding hydrogens is 270 g/mol. The Labute approximate surface area is 132 Å². The van der Waals surface area contributed by atoms with Crippen molar-refractivity contribution in [1.29, 1.82) is 0 Å². The molecule has 0 N–H and O–H groups in total. The van der Waals surface area contributed by atoms with Gasteiger partial charge in [-0.25, -0.2) is 0 Å². The number of nitrogens with zero attached hydrogens (tertiary/aromatic N) is 1. The molecule has 2 atom stereocenters. The van der Waals surface area contributed by atoms with E-state index in [-0.39, 0.29) is 5.92 Å². The molecule has 2 nitrogen and oxygen atoms in total. The van der Waals surface area contributed by atoms with Crippen LogP contribution >= 0.6 is 0 Å².